The van der Waals surface area contributed by atoms with Crippen molar-refractivity contribution in [1.82, 2.24) is 9.78 Å². The van der Waals surface area contributed by atoms with Crippen molar-refractivity contribution in [3.05, 3.63) is 40.7 Å². The van der Waals surface area contributed by atoms with Crippen LogP contribution in [0.15, 0.2) is 18.2 Å². The van der Waals surface area contributed by atoms with Crippen molar-refractivity contribution in [2.24, 2.45) is 0 Å². The molecule has 1 heterocycles. The number of aromatic nitrogens is 2. The van der Waals surface area contributed by atoms with Crippen molar-refractivity contribution in [3.63, 3.8) is 0 Å². The van der Waals surface area contributed by atoms with Crippen molar-refractivity contribution >= 4 is 11.5 Å². The van der Waals surface area contributed by atoms with E-state index in [1.54, 1.807) is 12.1 Å². The summed E-state index contributed by atoms with van der Waals surface area (Å²) in [6.07, 6.45) is 0.951. The topological polar surface area (TPSA) is 60.9 Å². The summed E-state index contributed by atoms with van der Waals surface area (Å²) in [5.74, 6) is -0.0309. The predicted molar refractivity (Wildman–Crippen MR) is 76.8 cm³/mol. The number of hydrogen-bond acceptors (Lipinski definition) is 3. The number of nitrogen functional groups attached to an aromatic ring is 1. The fraction of sp³-hybridized carbons (Fsp3) is 0.333. The Morgan fingerprint density at radius 2 is 2.05 bits per heavy atom. The highest BCUT2D eigenvalue weighted by molar-refractivity contribution is 5.99. The number of ketones is 1. The molecule has 0 bridgehead atoms. The van der Waals surface area contributed by atoms with Crippen LogP contribution in [0.3, 0.4) is 0 Å². The maximum absolute atomic E-state index is 11.6. The first-order chi connectivity index (χ1) is 8.95. The highest BCUT2D eigenvalue weighted by Crippen LogP contribution is 2.22. The van der Waals surface area contributed by atoms with Crippen molar-refractivity contribution in [2.75, 3.05) is 5.73 Å². The van der Waals surface area contributed by atoms with E-state index in [0.717, 1.165) is 23.5 Å². The van der Waals surface area contributed by atoms with Gasteiger partial charge in [0.05, 0.1) is 11.4 Å². The van der Waals surface area contributed by atoms with Crippen LogP contribution in [-0.4, -0.2) is 15.6 Å². The molecule has 2 N–H and O–H groups in total. The molecule has 2 aromatic rings. The van der Waals surface area contributed by atoms with Crippen LogP contribution < -0.4 is 5.73 Å². The smallest absolute Gasteiger partial charge is 0.161 e. The zero-order chi connectivity index (χ0) is 14.2. The minimum Gasteiger partial charge on any atom is -0.398 e. The molecule has 100 valence electrons. The molecular formula is C15H19N3O. The first-order valence-electron chi connectivity index (χ1n) is 6.41. The lowest BCUT2D eigenvalue weighted by molar-refractivity contribution is 0.101. The molecule has 4 heteroatoms. The van der Waals surface area contributed by atoms with Crippen molar-refractivity contribution in [2.45, 2.75) is 34.1 Å². The second-order valence-electron chi connectivity index (χ2n) is 4.74. The standard InChI is InChI=1S/C15H19N3O/c1-5-13-9(2)17-18(10(13)3)12-6-7-15(16)14(8-12)11(4)19/h6-8H,5,16H2,1-4H3. The summed E-state index contributed by atoms with van der Waals surface area (Å²) in [5, 5.41) is 4.55. The Balaban J connectivity index is 2.60. The molecular weight excluding hydrogens is 238 g/mol. The molecule has 0 atom stereocenters. The van der Waals surface area contributed by atoms with Gasteiger partial charge in [-0.05, 0) is 51.0 Å². The number of anilines is 1. The summed E-state index contributed by atoms with van der Waals surface area (Å²) in [7, 11) is 0. The third kappa shape index (κ3) is 2.26. The van der Waals surface area contributed by atoms with E-state index in [9.17, 15) is 4.79 Å². The quantitative estimate of drug-likeness (QED) is 0.679. The van der Waals surface area contributed by atoms with E-state index in [4.69, 9.17) is 5.73 Å². The van der Waals surface area contributed by atoms with Gasteiger partial charge in [-0.15, -0.1) is 0 Å². The lowest BCUT2D eigenvalue weighted by Gasteiger charge is -2.08. The molecule has 0 aliphatic heterocycles. The molecule has 1 aromatic carbocycles. The molecule has 0 fully saturated rings. The van der Waals surface area contributed by atoms with Gasteiger partial charge in [0.15, 0.2) is 5.78 Å². The molecule has 0 unspecified atom stereocenters. The minimum absolute atomic E-state index is 0.0309. The highest BCUT2D eigenvalue weighted by Gasteiger charge is 2.13. The molecule has 0 aliphatic carbocycles. The average molecular weight is 257 g/mol. The van der Waals surface area contributed by atoms with Gasteiger partial charge >= 0.3 is 0 Å². The second kappa shape index (κ2) is 4.88. The Kier molecular flexibility index (Phi) is 3.42. The predicted octanol–water partition coefficient (Wildman–Crippen LogP) is 2.84. The Hall–Kier alpha value is -2.10. The van der Waals surface area contributed by atoms with Crippen molar-refractivity contribution in [1.29, 1.82) is 0 Å². The van der Waals surface area contributed by atoms with Crippen LogP contribution in [-0.2, 0) is 6.42 Å². The van der Waals surface area contributed by atoms with Gasteiger partial charge in [0.1, 0.15) is 0 Å². The Bertz CT molecular complexity index is 641. The molecule has 0 radical (unpaired) electrons. The van der Waals surface area contributed by atoms with E-state index in [1.165, 1.54) is 12.5 Å². The number of hydrogen-bond donors (Lipinski definition) is 1. The molecule has 0 aliphatic rings. The van der Waals surface area contributed by atoms with Gasteiger partial charge in [0.2, 0.25) is 0 Å². The minimum atomic E-state index is -0.0309. The first-order valence-corrected chi connectivity index (χ1v) is 6.41. The van der Waals surface area contributed by atoms with E-state index < -0.39 is 0 Å². The maximum atomic E-state index is 11.6. The van der Waals surface area contributed by atoms with E-state index in [-0.39, 0.29) is 5.78 Å². The normalized spacial score (nSPS) is 10.7. The molecule has 1 aromatic heterocycles. The second-order valence-corrected chi connectivity index (χ2v) is 4.74. The number of nitrogens with zero attached hydrogens (tertiary/aromatic N) is 2. The third-order valence-corrected chi connectivity index (χ3v) is 3.46. The van der Waals surface area contributed by atoms with E-state index in [2.05, 4.69) is 12.0 Å². The molecule has 4 nitrogen and oxygen atoms in total. The summed E-state index contributed by atoms with van der Waals surface area (Å²) in [6.45, 7) is 7.69. The van der Waals surface area contributed by atoms with Gasteiger partial charge in [-0.3, -0.25) is 4.79 Å². The van der Waals surface area contributed by atoms with Gasteiger partial charge in [-0.2, -0.15) is 5.10 Å². The maximum Gasteiger partial charge on any atom is 0.161 e. The van der Waals surface area contributed by atoms with Crippen LogP contribution in [0.4, 0.5) is 5.69 Å². The number of nitrogens with two attached hydrogens (primary N) is 1. The number of carbonyl (C=O) groups is 1. The van der Waals surface area contributed by atoms with Crippen molar-refractivity contribution < 1.29 is 4.79 Å². The first kappa shape index (κ1) is 13.3. The molecule has 19 heavy (non-hydrogen) atoms. The Labute approximate surface area is 113 Å². The monoisotopic (exact) mass is 257 g/mol. The number of aryl methyl sites for hydroxylation is 1. The van der Waals surface area contributed by atoms with Gasteiger partial charge in [-0.25, -0.2) is 4.68 Å². The Morgan fingerprint density at radius 1 is 1.37 bits per heavy atom. The van der Waals surface area contributed by atoms with E-state index in [0.29, 0.717) is 11.3 Å². The fourth-order valence-electron chi connectivity index (χ4n) is 2.42. The SMILES string of the molecule is CCc1c(C)nn(-c2ccc(N)c(C(C)=O)c2)c1C. The zero-order valence-corrected chi connectivity index (χ0v) is 11.8. The van der Waals surface area contributed by atoms with E-state index >= 15 is 0 Å². The largest absolute Gasteiger partial charge is 0.398 e. The summed E-state index contributed by atoms with van der Waals surface area (Å²) in [5.41, 5.74) is 11.1. The van der Waals surface area contributed by atoms with Gasteiger partial charge in [0.25, 0.3) is 0 Å². The lowest BCUT2D eigenvalue weighted by Crippen LogP contribution is -2.05. The molecule has 0 saturated heterocycles. The fourth-order valence-corrected chi connectivity index (χ4v) is 2.42. The average Bonchev–Trinajstić information content (AvgIpc) is 2.64. The van der Waals surface area contributed by atoms with Gasteiger partial charge in [0, 0.05) is 16.9 Å². The Morgan fingerprint density at radius 3 is 2.58 bits per heavy atom. The van der Waals surface area contributed by atoms with E-state index in [1.807, 2.05) is 24.6 Å². The number of carbonyl (C=O) groups excluding carboxylic acids is 1. The zero-order valence-electron chi connectivity index (χ0n) is 11.8. The third-order valence-electron chi connectivity index (χ3n) is 3.46. The van der Waals surface area contributed by atoms with Crippen LogP contribution in [0.2, 0.25) is 0 Å². The van der Waals surface area contributed by atoms with Crippen LogP contribution in [0, 0.1) is 13.8 Å². The summed E-state index contributed by atoms with van der Waals surface area (Å²) in [4.78, 5) is 11.6. The molecule has 2 rings (SSSR count). The molecule has 0 amide bonds. The van der Waals surface area contributed by atoms with Crippen molar-refractivity contribution in [3.8, 4) is 5.69 Å². The van der Waals surface area contributed by atoms with Crippen LogP contribution in [0.5, 0.6) is 0 Å². The number of benzene rings is 1. The van der Waals surface area contributed by atoms with Crippen LogP contribution >= 0.6 is 0 Å². The highest BCUT2D eigenvalue weighted by atomic mass is 16.1. The van der Waals surface area contributed by atoms with Gasteiger partial charge in [-0.1, -0.05) is 6.92 Å². The summed E-state index contributed by atoms with van der Waals surface area (Å²) < 4.78 is 1.88. The summed E-state index contributed by atoms with van der Waals surface area (Å²) in [6, 6.07) is 5.45. The molecule has 0 saturated carbocycles. The number of Topliss-reactive ketones (excluding diaryl/α,β-unsaturated/α-hetero) is 1. The van der Waals surface area contributed by atoms with Crippen LogP contribution in [0.1, 0.15) is 41.2 Å². The van der Waals surface area contributed by atoms with Crippen LogP contribution in [0.25, 0.3) is 5.69 Å². The molecule has 0 spiro atoms. The number of rotatable bonds is 3. The van der Waals surface area contributed by atoms with Gasteiger partial charge < -0.3 is 5.73 Å². The summed E-state index contributed by atoms with van der Waals surface area (Å²) >= 11 is 0. The lowest BCUT2D eigenvalue weighted by atomic mass is 10.1.